The fourth-order valence-electron chi connectivity index (χ4n) is 4.15. The lowest BCUT2D eigenvalue weighted by Gasteiger charge is -2.14. The van der Waals surface area contributed by atoms with Crippen LogP contribution in [0, 0.1) is 10.1 Å². The zero-order valence-electron chi connectivity index (χ0n) is 18.1. The average Bonchev–Trinajstić information content (AvgIpc) is 3.23. The SMILES string of the molecule is COC(=O)c1ccc(Sc2nc3sc4c(c3c(=O)n2-c2ccccc2)CCCC4)c([N+](=O)[O-])c1. The Bertz CT molecular complexity index is 1490. The third kappa shape index (κ3) is 3.88. The van der Waals surface area contributed by atoms with Gasteiger partial charge >= 0.3 is 5.97 Å². The summed E-state index contributed by atoms with van der Waals surface area (Å²) >= 11 is 2.56. The third-order valence-corrected chi connectivity index (χ3v) is 7.96. The van der Waals surface area contributed by atoms with Crippen LogP contribution in [0.5, 0.6) is 0 Å². The third-order valence-electron chi connectivity index (χ3n) is 5.75. The Kier molecular flexibility index (Phi) is 5.93. The summed E-state index contributed by atoms with van der Waals surface area (Å²) in [6.45, 7) is 0. The van der Waals surface area contributed by atoms with Crippen LogP contribution in [0.3, 0.4) is 0 Å². The summed E-state index contributed by atoms with van der Waals surface area (Å²) in [7, 11) is 1.22. The summed E-state index contributed by atoms with van der Waals surface area (Å²) in [4.78, 5) is 43.9. The van der Waals surface area contributed by atoms with E-state index in [1.54, 1.807) is 0 Å². The van der Waals surface area contributed by atoms with Gasteiger partial charge in [-0.3, -0.25) is 19.5 Å². The van der Waals surface area contributed by atoms with Crippen molar-refractivity contribution in [2.45, 2.75) is 35.7 Å². The number of carbonyl (C=O) groups excluding carboxylic acids is 1. The number of hydrogen-bond acceptors (Lipinski definition) is 8. The van der Waals surface area contributed by atoms with Crippen molar-refractivity contribution in [1.29, 1.82) is 0 Å². The molecule has 0 N–H and O–H groups in total. The number of methoxy groups -OCH3 is 1. The first-order valence-electron chi connectivity index (χ1n) is 10.6. The van der Waals surface area contributed by atoms with Crippen LogP contribution in [0.2, 0.25) is 0 Å². The maximum absolute atomic E-state index is 13.8. The molecule has 2 aromatic heterocycles. The molecule has 0 radical (unpaired) electrons. The van der Waals surface area contributed by atoms with Crippen LogP contribution >= 0.6 is 23.1 Å². The summed E-state index contributed by atoms with van der Waals surface area (Å²) < 4.78 is 6.21. The molecule has 2 heterocycles. The van der Waals surface area contributed by atoms with E-state index in [4.69, 9.17) is 4.98 Å². The van der Waals surface area contributed by atoms with Crippen molar-refractivity contribution < 1.29 is 14.5 Å². The lowest BCUT2D eigenvalue weighted by Crippen LogP contribution is -2.22. The van der Waals surface area contributed by atoms with E-state index in [0.717, 1.165) is 43.0 Å². The predicted molar refractivity (Wildman–Crippen MR) is 130 cm³/mol. The van der Waals surface area contributed by atoms with Gasteiger partial charge in [-0.25, -0.2) is 9.78 Å². The molecule has 2 aromatic carbocycles. The molecular weight excluding hydrogens is 474 g/mol. The van der Waals surface area contributed by atoms with E-state index >= 15 is 0 Å². The van der Waals surface area contributed by atoms with E-state index in [2.05, 4.69) is 4.74 Å². The van der Waals surface area contributed by atoms with Crippen molar-refractivity contribution in [2.75, 3.05) is 7.11 Å². The highest BCUT2D eigenvalue weighted by atomic mass is 32.2. The van der Waals surface area contributed by atoms with Crippen molar-refractivity contribution in [2.24, 2.45) is 0 Å². The summed E-state index contributed by atoms with van der Waals surface area (Å²) in [5.41, 5.74) is 1.36. The van der Waals surface area contributed by atoms with Crippen LogP contribution in [0.25, 0.3) is 15.9 Å². The molecule has 0 bridgehead atoms. The first kappa shape index (κ1) is 22.3. The maximum atomic E-state index is 13.8. The molecule has 0 spiro atoms. The number of rotatable bonds is 5. The minimum absolute atomic E-state index is 0.0772. The van der Waals surface area contributed by atoms with Gasteiger partial charge in [0, 0.05) is 10.9 Å². The number of nitrogens with zero attached hydrogens (tertiary/aromatic N) is 3. The first-order valence-corrected chi connectivity index (χ1v) is 12.3. The quantitative estimate of drug-likeness (QED) is 0.163. The van der Waals surface area contributed by atoms with E-state index in [1.165, 1.54) is 46.1 Å². The number of nitro groups is 1. The van der Waals surface area contributed by atoms with Crippen molar-refractivity contribution in [3.8, 4) is 5.69 Å². The first-order chi connectivity index (χ1) is 16.5. The van der Waals surface area contributed by atoms with Crippen LogP contribution in [-0.2, 0) is 17.6 Å². The Labute approximate surface area is 202 Å². The molecule has 10 heteroatoms. The Morgan fingerprint density at radius 3 is 2.68 bits per heavy atom. The van der Waals surface area contributed by atoms with Gasteiger partial charge in [0.15, 0.2) is 5.16 Å². The molecule has 0 amide bonds. The molecule has 1 aliphatic rings. The number of nitro benzene ring substituents is 1. The second-order valence-electron chi connectivity index (χ2n) is 7.79. The van der Waals surface area contributed by atoms with Gasteiger partial charge in [0.05, 0.1) is 33.6 Å². The van der Waals surface area contributed by atoms with E-state index in [1.807, 2.05) is 30.3 Å². The number of carbonyl (C=O) groups is 1. The molecular formula is C24H19N3O5S2. The van der Waals surface area contributed by atoms with E-state index < -0.39 is 10.9 Å². The van der Waals surface area contributed by atoms with Crippen molar-refractivity contribution in [3.63, 3.8) is 0 Å². The molecule has 0 saturated carbocycles. The van der Waals surface area contributed by atoms with Gasteiger partial charge in [-0.15, -0.1) is 11.3 Å². The second-order valence-corrected chi connectivity index (χ2v) is 9.89. The zero-order valence-corrected chi connectivity index (χ0v) is 19.8. The summed E-state index contributed by atoms with van der Waals surface area (Å²) in [6, 6.07) is 13.3. The van der Waals surface area contributed by atoms with Crippen LogP contribution in [0.1, 0.15) is 33.6 Å². The summed E-state index contributed by atoms with van der Waals surface area (Å²) in [6.07, 6.45) is 3.92. The fourth-order valence-corrected chi connectivity index (χ4v) is 6.45. The number of hydrogen-bond donors (Lipinski definition) is 0. The Balaban J connectivity index is 1.72. The number of thiophene rings is 1. The molecule has 4 aromatic rings. The van der Waals surface area contributed by atoms with Crippen LogP contribution < -0.4 is 5.56 Å². The summed E-state index contributed by atoms with van der Waals surface area (Å²) in [5, 5.41) is 12.8. The fraction of sp³-hybridized carbons (Fsp3) is 0.208. The maximum Gasteiger partial charge on any atom is 0.338 e. The Hall–Kier alpha value is -3.50. The average molecular weight is 494 g/mol. The van der Waals surface area contributed by atoms with Gasteiger partial charge in [-0.05, 0) is 67.3 Å². The van der Waals surface area contributed by atoms with Gasteiger partial charge in [0.2, 0.25) is 0 Å². The van der Waals surface area contributed by atoms with Gasteiger partial charge < -0.3 is 4.74 Å². The lowest BCUT2D eigenvalue weighted by atomic mass is 9.97. The normalized spacial score (nSPS) is 13.0. The largest absolute Gasteiger partial charge is 0.465 e. The topological polar surface area (TPSA) is 104 Å². The molecule has 0 atom stereocenters. The highest BCUT2D eigenvalue weighted by molar-refractivity contribution is 7.99. The minimum atomic E-state index is -0.662. The minimum Gasteiger partial charge on any atom is -0.465 e. The molecule has 172 valence electrons. The molecule has 0 saturated heterocycles. The Morgan fingerprint density at radius 1 is 1.18 bits per heavy atom. The molecule has 0 aliphatic heterocycles. The van der Waals surface area contributed by atoms with E-state index in [9.17, 15) is 19.7 Å². The zero-order chi connectivity index (χ0) is 23.8. The van der Waals surface area contributed by atoms with E-state index in [-0.39, 0.29) is 21.7 Å². The van der Waals surface area contributed by atoms with E-state index in [0.29, 0.717) is 21.1 Å². The smallest absolute Gasteiger partial charge is 0.338 e. The van der Waals surface area contributed by atoms with Gasteiger partial charge in [0.1, 0.15) is 4.83 Å². The molecule has 1 aliphatic carbocycles. The van der Waals surface area contributed by atoms with Crippen molar-refractivity contribution >= 4 is 45.0 Å². The lowest BCUT2D eigenvalue weighted by molar-refractivity contribution is -0.387. The van der Waals surface area contributed by atoms with Crippen LogP contribution in [0.15, 0.2) is 63.4 Å². The molecule has 8 nitrogen and oxygen atoms in total. The molecule has 34 heavy (non-hydrogen) atoms. The number of para-hydroxylation sites is 1. The van der Waals surface area contributed by atoms with Crippen LogP contribution in [-0.4, -0.2) is 27.6 Å². The van der Waals surface area contributed by atoms with Crippen molar-refractivity contribution in [3.05, 3.63) is 85.0 Å². The Morgan fingerprint density at radius 2 is 1.94 bits per heavy atom. The number of ether oxygens (including phenoxy) is 1. The number of aryl methyl sites for hydroxylation is 2. The predicted octanol–water partition coefficient (Wildman–Crippen LogP) is 5.17. The second kappa shape index (κ2) is 9.03. The molecule has 0 unspecified atom stereocenters. The monoisotopic (exact) mass is 493 g/mol. The number of fused-ring (bicyclic) bond motifs is 3. The highest BCUT2D eigenvalue weighted by Gasteiger charge is 2.25. The van der Waals surface area contributed by atoms with Gasteiger partial charge in [-0.2, -0.15) is 0 Å². The van der Waals surface area contributed by atoms with Crippen LogP contribution in [0.4, 0.5) is 5.69 Å². The van der Waals surface area contributed by atoms with Gasteiger partial charge in [0.25, 0.3) is 11.2 Å². The van der Waals surface area contributed by atoms with Gasteiger partial charge in [-0.1, -0.05) is 18.2 Å². The summed E-state index contributed by atoms with van der Waals surface area (Å²) in [5.74, 6) is -0.662. The number of esters is 1. The van der Waals surface area contributed by atoms with Crippen molar-refractivity contribution in [1.82, 2.24) is 9.55 Å². The molecule has 5 rings (SSSR count). The molecule has 0 fully saturated rings. The number of aromatic nitrogens is 2. The number of benzene rings is 2. The highest BCUT2D eigenvalue weighted by Crippen LogP contribution is 2.39. The standard InChI is InChI=1S/C24H19N3O5S2/c1-32-23(29)14-11-12-19(17(13-14)27(30)31)34-24-25-21-20(16-9-5-6-10-18(16)33-21)22(28)26(24)15-7-3-2-4-8-15/h2-4,7-8,11-13H,5-6,9-10H2,1H3.